The third-order valence-electron chi connectivity index (χ3n) is 7.02. The second-order valence-corrected chi connectivity index (χ2v) is 8.74. The highest BCUT2D eigenvalue weighted by Crippen LogP contribution is 2.58. The van der Waals surface area contributed by atoms with Crippen molar-refractivity contribution in [3.63, 3.8) is 0 Å². The molecule has 1 atom stereocenters. The van der Waals surface area contributed by atoms with Crippen LogP contribution in [0.3, 0.4) is 0 Å². The fourth-order valence-electron chi connectivity index (χ4n) is 5.40. The number of anilines is 1. The van der Waals surface area contributed by atoms with Crippen molar-refractivity contribution in [1.82, 2.24) is 10.2 Å². The summed E-state index contributed by atoms with van der Waals surface area (Å²) in [6.45, 7) is 1.38. The van der Waals surface area contributed by atoms with E-state index in [2.05, 4.69) is 10.6 Å². The molecule has 2 heterocycles. The molecule has 3 fully saturated rings. The van der Waals surface area contributed by atoms with E-state index < -0.39 is 6.04 Å². The van der Waals surface area contributed by atoms with Crippen molar-refractivity contribution in [3.8, 4) is 0 Å². The Morgan fingerprint density at radius 1 is 1.19 bits per heavy atom. The summed E-state index contributed by atoms with van der Waals surface area (Å²) in [6, 6.07) is 5.21. The van der Waals surface area contributed by atoms with Gasteiger partial charge in [0.1, 0.15) is 6.04 Å². The summed E-state index contributed by atoms with van der Waals surface area (Å²) >= 11 is 0. The summed E-state index contributed by atoms with van der Waals surface area (Å²) in [6.07, 6.45) is 7.54. The topological polar surface area (TPSA) is 78.5 Å². The van der Waals surface area contributed by atoms with Gasteiger partial charge in [0.25, 0.3) is 5.91 Å². The number of rotatable bonds is 4. The molecule has 6 nitrogen and oxygen atoms in total. The van der Waals surface area contributed by atoms with Gasteiger partial charge in [-0.25, -0.2) is 0 Å². The Morgan fingerprint density at radius 3 is 2.70 bits per heavy atom. The summed E-state index contributed by atoms with van der Waals surface area (Å²) in [5.41, 5.74) is 3.33. The number of nitrogens with one attached hydrogen (secondary N) is 2. The van der Waals surface area contributed by atoms with Gasteiger partial charge in [-0.2, -0.15) is 0 Å². The Balaban J connectivity index is 1.27. The predicted octanol–water partition coefficient (Wildman–Crippen LogP) is 2.44. The minimum atomic E-state index is -0.555. The highest BCUT2D eigenvalue weighted by Gasteiger charge is 2.47. The van der Waals surface area contributed by atoms with E-state index in [-0.39, 0.29) is 24.1 Å². The molecule has 1 aromatic rings. The molecule has 1 unspecified atom stereocenters. The highest BCUT2D eigenvalue weighted by molar-refractivity contribution is 6.06. The zero-order valence-electron chi connectivity index (χ0n) is 15.4. The van der Waals surface area contributed by atoms with Gasteiger partial charge in [-0.1, -0.05) is 12.5 Å². The molecule has 1 spiro atoms. The van der Waals surface area contributed by atoms with Gasteiger partial charge in [0, 0.05) is 36.3 Å². The molecule has 0 bridgehead atoms. The Morgan fingerprint density at radius 2 is 2.00 bits per heavy atom. The average Bonchev–Trinajstić information content (AvgIpc) is 2.90. The zero-order chi connectivity index (χ0) is 18.6. The Hall–Kier alpha value is -2.37. The molecule has 2 aliphatic carbocycles. The van der Waals surface area contributed by atoms with Gasteiger partial charge in [-0.05, 0) is 55.6 Å². The van der Waals surface area contributed by atoms with Crippen LogP contribution in [0.25, 0.3) is 0 Å². The second kappa shape index (κ2) is 6.08. The maximum absolute atomic E-state index is 12.8. The van der Waals surface area contributed by atoms with Crippen molar-refractivity contribution in [1.29, 1.82) is 0 Å². The number of carbonyl (C=O) groups excluding carboxylic acids is 3. The Kier molecular flexibility index (Phi) is 3.78. The second-order valence-electron chi connectivity index (χ2n) is 8.74. The maximum Gasteiger partial charge on any atom is 0.255 e. The number of hydrogen-bond donors (Lipinski definition) is 2. The molecule has 27 heavy (non-hydrogen) atoms. The van der Waals surface area contributed by atoms with Crippen LogP contribution in [0.1, 0.15) is 60.9 Å². The lowest BCUT2D eigenvalue weighted by Gasteiger charge is -2.54. The Bertz CT molecular complexity index is 822. The van der Waals surface area contributed by atoms with Crippen LogP contribution >= 0.6 is 0 Å². The fraction of sp³-hybridized carbons (Fsp3) is 0.571. The largest absolute Gasteiger partial charge is 0.384 e. The minimum absolute atomic E-state index is 0.111. The first-order valence-electron chi connectivity index (χ1n) is 10.1. The van der Waals surface area contributed by atoms with Crippen molar-refractivity contribution in [2.45, 2.75) is 57.5 Å². The third-order valence-corrected chi connectivity index (χ3v) is 7.02. The molecule has 3 amide bonds. The van der Waals surface area contributed by atoms with Gasteiger partial charge in [-0.3, -0.25) is 19.7 Å². The third kappa shape index (κ3) is 2.73. The molecular weight excluding hydrogens is 342 g/mol. The van der Waals surface area contributed by atoms with Gasteiger partial charge in [0.15, 0.2) is 0 Å². The van der Waals surface area contributed by atoms with E-state index in [9.17, 15) is 14.4 Å². The lowest BCUT2D eigenvalue weighted by atomic mass is 9.52. The number of fused-ring (bicyclic) bond motifs is 1. The van der Waals surface area contributed by atoms with E-state index in [1.54, 1.807) is 4.90 Å². The van der Waals surface area contributed by atoms with Crippen molar-refractivity contribution >= 4 is 23.4 Å². The van der Waals surface area contributed by atoms with Crippen molar-refractivity contribution in [2.24, 2.45) is 11.3 Å². The van der Waals surface area contributed by atoms with E-state index in [1.807, 2.05) is 18.2 Å². The molecule has 4 aliphatic rings. The summed E-state index contributed by atoms with van der Waals surface area (Å²) < 4.78 is 0. The minimum Gasteiger partial charge on any atom is -0.384 e. The van der Waals surface area contributed by atoms with Crippen LogP contribution in [0.15, 0.2) is 18.2 Å². The van der Waals surface area contributed by atoms with Crippen molar-refractivity contribution in [2.75, 3.05) is 11.9 Å². The van der Waals surface area contributed by atoms with Crippen molar-refractivity contribution in [3.05, 3.63) is 29.3 Å². The van der Waals surface area contributed by atoms with Crippen LogP contribution in [0, 0.1) is 11.3 Å². The van der Waals surface area contributed by atoms with E-state index in [1.165, 1.54) is 32.1 Å². The fourth-order valence-corrected chi connectivity index (χ4v) is 5.40. The number of imide groups is 1. The molecule has 2 saturated carbocycles. The molecule has 5 rings (SSSR count). The van der Waals surface area contributed by atoms with Crippen LogP contribution in [-0.2, 0) is 16.1 Å². The molecule has 142 valence electrons. The van der Waals surface area contributed by atoms with Crippen LogP contribution in [-0.4, -0.2) is 35.2 Å². The van der Waals surface area contributed by atoms with E-state index >= 15 is 0 Å². The summed E-state index contributed by atoms with van der Waals surface area (Å²) in [7, 11) is 0. The maximum atomic E-state index is 12.8. The van der Waals surface area contributed by atoms with E-state index in [4.69, 9.17) is 0 Å². The Labute approximate surface area is 158 Å². The van der Waals surface area contributed by atoms with Gasteiger partial charge >= 0.3 is 0 Å². The number of piperidine rings is 1. The SMILES string of the molecule is O=C1CCC(N2Cc3c(NCC4CC5(CCC5)C4)cccc3C2=O)C(=O)N1. The number of benzene rings is 1. The van der Waals surface area contributed by atoms with Crippen LogP contribution in [0.2, 0.25) is 0 Å². The quantitative estimate of drug-likeness (QED) is 0.801. The normalized spacial score (nSPS) is 26.4. The lowest BCUT2D eigenvalue weighted by Crippen LogP contribution is -2.52. The van der Waals surface area contributed by atoms with Crippen LogP contribution in [0.5, 0.6) is 0 Å². The first kappa shape index (κ1) is 16.8. The first-order valence-corrected chi connectivity index (χ1v) is 10.1. The zero-order valence-corrected chi connectivity index (χ0v) is 15.4. The van der Waals surface area contributed by atoms with Crippen LogP contribution in [0.4, 0.5) is 5.69 Å². The van der Waals surface area contributed by atoms with Gasteiger partial charge in [-0.15, -0.1) is 0 Å². The average molecular weight is 367 g/mol. The summed E-state index contributed by atoms with van der Waals surface area (Å²) in [4.78, 5) is 38.0. The smallest absolute Gasteiger partial charge is 0.255 e. The van der Waals surface area contributed by atoms with E-state index in [0.29, 0.717) is 23.9 Å². The molecule has 1 saturated heterocycles. The standard InChI is InChI=1S/C21H25N3O3/c25-18-6-5-17(19(26)23-18)24-12-15-14(20(24)27)3-1-4-16(15)22-11-13-9-21(10-13)7-2-8-21/h1,3-4,13,17,22H,2,5-12H2,(H,23,25,26). The molecule has 1 aromatic carbocycles. The first-order chi connectivity index (χ1) is 13.0. The monoisotopic (exact) mass is 367 g/mol. The molecule has 0 radical (unpaired) electrons. The van der Waals surface area contributed by atoms with Gasteiger partial charge in [0.05, 0.1) is 0 Å². The van der Waals surface area contributed by atoms with Crippen LogP contribution < -0.4 is 10.6 Å². The number of amides is 3. The van der Waals surface area contributed by atoms with Crippen molar-refractivity contribution < 1.29 is 14.4 Å². The molecule has 6 heteroatoms. The number of nitrogens with zero attached hydrogens (tertiary/aromatic N) is 1. The molecule has 0 aromatic heterocycles. The number of hydrogen-bond acceptors (Lipinski definition) is 4. The summed E-state index contributed by atoms with van der Waals surface area (Å²) in [5, 5.41) is 5.92. The van der Waals surface area contributed by atoms with Gasteiger partial charge in [0.2, 0.25) is 11.8 Å². The number of carbonyl (C=O) groups is 3. The highest BCUT2D eigenvalue weighted by atomic mass is 16.2. The summed E-state index contributed by atoms with van der Waals surface area (Å²) in [5.74, 6) is -0.000564. The molecule has 2 N–H and O–H groups in total. The molecule has 2 aliphatic heterocycles. The van der Waals surface area contributed by atoms with E-state index in [0.717, 1.165) is 23.7 Å². The lowest BCUT2D eigenvalue weighted by molar-refractivity contribution is -0.136. The van der Waals surface area contributed by atoms with Gasteiger partial charge < -0.3 is 10.2 Å². The molecular formula is C21H25N3O3. The predicted molar refractivity (Wildman–Crippen MR) is 100.0 cm³/mol.